The van der Waals surface area contributed by atoms with E-state index in [-0.39, 0.29) is 30.7 Å². The lowest BCUT2D eigenvalue weighted by Gasteiger charge is -2.19. The Morgan fingerprint density at radius 1 is 1.21 bits per heavy atom. The van der Waals surface area contributed by atoms with Crippen LogP contribution in [-0.4, -0.2) is 12.5 Å². The molecule has 3 nitrogen and oxygen atoms in total. The van der Waals surface area contributed by atoms with E-state index < -0.39 is 5.82 Å². The molecular formula is C20H22FNO2. The van der Waals surface area contributed by atoms with Gasteiger partial charge in [-0.05, 0) is 36.0 Å². The van der Waals surface area contributed by atoms with Crippen molar-refractivity contribution in [3.63, 3.8) is 0 Å². The molecule has 0 heterocycles. The number of benzene rings is 2. The van der Waals surface area contributed by atoms with Gasteiger partial charge in [0.25, 0.3) is 0 Å². The van der Waals surface area contributed by atoms with Crippen molar-refractivity contribution in [2.24, 2.45) is 11.8 Å². The highest BCUT2D eigenvalue weighted by Gasteiger charge is 2.40. The van der Waals surface area contributed by atoms with Gasteiger partial charge >= 0.3 is 0 Å². The number of carbonyl (C=O) groups is 1. The van der Waals surface area contributed by atoms with E-state index in [1.54, 1.807) is 18.2 Å². The van der Waals surface area contributed by atoms with E-state index in [0.29, 0.717) is 11.8 Å². The second-order valence-corrected chi connectivity index (χ2v) is 6.36. The van der Waals surface area contributed by atoms with E-state index in [1.165, 1.54) is 6.07 Å². The second kappa shape index (κ2) is 7.47. The van der Waals surface area contributed by atoms with E-state index in [1.807, 2.05) is 30.3 Å². The fraction of sp³-hybridized carbons (Fsp3) is 0.350. The summed E-state index contributed by atoms with van der Waals surface area (Å²) >= 11 is 0. The molecule has 1 aliphatic rings. The fourth-order valence-electron chi connectivity index (χ4n) is 2.97. The van der Waals surface area contributed by atoms with Crippen LogP contribution in [0.15, 0.2) is 54.6 Å². The van der Waals surface area contributed by atoms with Crippen LogP contribution in [0.3, 0.4) is 0 Å². The third-order valence-corrected chi connectivity index (χ3v) is 4.50. The van der Waals surface area contributed by atoms with Crippen LogP contribution in [0, 0.1) is 17.7 Å². The number of hydrogen-bond acceptors (Lipinski definition) is 2. The number of rotatable bonds is 7. The average molecular weight is 327 g/mol. The smallest absolute Gasteiger partial charge is 0.223 e. The summed E-state index contributed by atoms with van der Waals surface area (Å²) in [6, 6.07) is 16.3. The van der Waals surface area contributed by atoms with Crippen LogP contribution in [0.5, 0.6) is 5.75 Å². The Balaban J connectivity index is 1.54. The highest BCUT2D eigenvalue weighted by Crippen LogP contribution is 2.46. The summed E-state index contributed by atoms with van der Waals surface area (Å²) in [5.41, 5.74) is 1.13. The quantitative estimate of drug-likeness (QED) is 0.831. The molecule has 1 N–H and O–H groups in total. The summed E-state index contributed by atoms with van der Waals surface area (Å²) in [7, 11) is 0. The summed E-state index contributed by atoms with van der Waals surface area (Å²) in [4.78, 5) is 12.3. The number of ether oxygens (including phenoxy) is 1. The number of halogens is 1. The van der Waals surface area contributed by atoms with E-state index in [2.05, 4.69) is 12.2 Å². The van der Waals surface area contributed by atoms with E-state index >= 15 is 0 Å². The number of nitrogens with one attached hydrogen (secondary N) is 1. The lowest BCUT2D eigenvalue weighted by atomic mass is 10.0. The number of para-hydroxylation sites is 1. The lowest BCUT2D eigenvalue weighted by molar-refractivity contribution is -0.122. The molecule has 3 atom stereocenters. The molecular weight excluding hydrogens is 305 g/mol. The van der Waals surface area contributed by atoms with Gasteiger partial charge in [-0.3, -0.25) is 4.79 Å². The minimum absolute atomic E-state index is 0.0437. The summed E-state index contributed by atoms with van der Waals surface area (Å²) in [6.07, 6.45) is 1.34. The summed E-state index contributed by atoms with van der Waals surface area (Å²) < 4.78 is 18.8. The zero-order valence-electron chi connectivity index (χ0n) is 13.7. The van der Waals surface area contributed by atoms with E-state index in [0.717, 1.165) is 12.0 Å². The standard InChI is InChI=1S/C20H22FNO2/c1-14-13-16(14)20(15-7-3-2-4-8-15)22-19(23)11-12-24-18-10-6-5-9-17(18)21/h2-10,14,16,20H,11-13H2,1H3,(H,22,23). The van der Waals surface area contributed by atoms with Gasteiger partial charge in [0.05, 0.1) is 19.1 Å². The molecule has 0 radical (unpaired) electrons. The first-order valence-corrected chi connectivity index (χ1v) is 8.37. The zero-order valence-corrected chi connectivity index (χ0v) is 13.7. The van der Waals surface area contributed by atoms with Gasteiger partial charge < -0.3 is 10.1 Å². The maximum Gasteiger partial charge on any atom is 0.223 e. The summed E-state index contributed by atoms with van der Waals surface area (Å²) in [5.74, 6) is 0.820. The SMILES string of the molecule is CC1CC1C(NC(=O)CCOc1ccccc1F)c1ccccc1. The third-order valence-electron chi connectivity index (χ3n) is 4.50. The maximum atomic E-state index is 13.5. The van der Waals surface area contributed by atoms with Crippen LogP contribution in [0.1, 0.15) is 31.4 Å². The predicted molar refractivity (Wildman–Crippen MR) is 91.1 cm³/mol. The molecule has 1 amide bonds. The minimum atomic E-state index is -0.410. The van der Waals surface area contributed by atoms with Gasteiger partial charge in [0, 0.05) is 0 Å². The monoisotopic (exact) mass is 327 g/mol. The van der Waals surface area contributed by atoms with Gasteiger partial charge in [-0.2, -0.15) is 0 Å². The Kier molecular flexibility index (Phi) is 5.14. The number of amides is 1. The van der Waals surface area contributed by atoms with Gasteiger partial charge in [-0.1, -0.05) is 49.4 Å². The van der Waals surface area contributed by atoms with Crippen molar-refractivity contribution in [2.45, 2.75) is 25.8 Å². The maximum absolute atomic E-state index is 13.5. The fourth-order valence-corrected chi connectivity index (χ4v) is 2.97. The van der Waals surface area contributed by atoms with Crippen LogP contribution in [0.4, 0.5) is 4.39 Å². The van der Waals surface area contributed by atoms with Crippen molar-refractivity contribution in [3.05, 3.63) is 66.0 Å². The molecule has 24 heavy (non-hydrogen) atoms. The Bertz CT molecular complexity index is 689. The molecule has 1 aliphatic carbocycles. The highest BCUT2D eigenvalue weighted by atomic mass is 19.1. The van der Waals surface area contributed by atoms with E-state index in [9.17, 15) is 9.18 Å². The first-order chi connectivity index (χ1) is 11.6. The van der Waals surface area contributed by atoms with Crippen LogP contribution < -0.4 is 10.1 Å². The van der Waals surface area contributed by atoms with Gasteiger partial charge in [-0.15, -0.1) is 0 Å². The predicted octanol–water partition coefficient (Wildman–Crippen LogP) is 4.11. The van der Waals surface area contributed by atoms with Gasteiger partial charge in [0.1, 0.15) is 0 Å². The van der Waals surface area contributed by atoms with E-state index in [4.69, 9.17) is 4.74 Å². The topological polar surface area (TPSA) is 38.3 Å². The molecule has 1 fully saturated rings. The van der Waals surface area contributed by atoms with Crippen molar-refractivity contribution in [1.82, 2.24) is 5.32 Å². The molecule has 3 rings (SSSR count). The Hall–Kier alpha value is -2.36. The van der Waals surface area contributed by atoms with Crippen LogP contribution in [0.25, 0.3) is 0 Å². The normalized spacial score (nSPS) is 20.2. The Morgan fingerprint density at radius 2 is 1.88 bits per heavy atom. The molecule has 4 heteroatoms. The molecule has 3 unspecified atom stereocenters. The minimum Gasteiger partial charge on any atom is -0.490 e. The van der Waals surface area contributed by atoms with Crippen molar-refractivity contribution < 1.29 is 13.9 Å². The summed E-state index contributed by atoms with van der Waals surface area (Å²) in [6.45, 7) is 2.36. The average Bonchev–Trinajstić information content (AvgIpc) is 3.31. The van der Waals surface area contributed by atoms with Crippen LogP contribution in [0.2, 0.25) is 0 Å². The van der Waals surface area contributed by atoms with Crippen molar-refractivity contribution in [2.75, 3.05) is 6.61 Å². The molecule has 2 aromatic rings. The molecule has 0 aromatic heterocycles. The second-order valence-electron chi connectivity index (χ2n) is 6.36. The van der Waals surface area contributed by atoms with Crippen molar-refractivity contribution in [3.8, 4) is 5.75 Å². The van der Waals surface area contributed by atoms with Gasteiger partial charge in [0.15, 0.2) is 11.6 Å². The Labute approximate surface area is 141 Å². The number of hydrogen-bond donors (Lipinski definition) is 1. The largest absolute Gasteiger partial charge is 0.490 e. The first-order valence-electron chi connectivity index (χ1n) is 8.37. The molecule has 0 saturated heterocycles. The van der Waals surface area contributed by atoms with Gasteiger partial charge in [-0.25, -0.2) is 4.39 Å². The van der Waals surface area contributed by atoms with Crippen molar-refractivity contribution >= 4 is 5.91 Å². The van der Waals surface area contributed by atoms with Crippen LogP contribution in [-0.2, 0) is 4.79 Å². The number of carbonyl (C=O) groups excluding carboxylic acids is 1. The molecule has 0 spiro atoms. The summed E-state index contributed by atoms with van der Waals surface area (Å²) in [5, 5.41) is 3.11. The Morgan fingerprint density at radius 3 is 2.54 bits per heavy atom. The third kappa shape index (κ3) is 4.13. The molecule has 1 saturated carbocycles. The molecule has 0 aliphatic heterocycles. The van der Waals surface area contributed by atoms with Gasteiger partial charge in [0.2, 0.25) is 5.91 Å². The first kappa shape index (κ1) is 16.5. The molecule has 0 bridgehead atoms. The molecule has 126 valence electrons. The zero-order chi connectivity index (χ0) is 16.9. The lowest BCUT2D eigenvalue weighted by Crippen LogP contribution is -2.31. The van der Waals surface area contributed by atoms with Crippen LogP contribution >= 0.6 is 0 Å². The van der Waals surface area contributed by atoms with Crippen molar-refractivity contribution in [1.29, 1.82) is 0 Å². The highest BCUT2D eigenvalue weighted by molar-refractivity contribution is 5.76. The molecule has 2 aromatic carbocycles.